The first-order valence-corrected chi connectivity index (χ1v) is 6.89. The SMILES string of the molecule is CCNCc1c(C)cc(C)nc1Oc1cccnc1C. The van der Waals surface area contributed by atoms with Crippen molar-refractivity contribution in [3.05, 3.63) is 46.9 Å². The van der Waals surface area contributed by atoms with Crippen LogP contribution in [0.5, 0.6) is 11.6 Å². The minimum atomic E-state index is 0.666. The molecule has 20 heavy (non-hydrogen) atoms. The summed E-state index contributed by atoms with van der Waals surface area (Å²) >= 11 is 0. The van der Waals surface area contributed by atoms with Crippen LogP contribution in [0.4, 0.5) is 0 Å². The van der Waals surface area contributed by atoms with Crippen LogP contribution in [-0.4, -0.2) is 16.5 Å². The maximum Gasteiger partial charge on any atom is 0.224 e. The van der Waals surface area contributed by atoms with Gasteiger partial charge in [-0.1, -0.05) is 6.92 Å². The molecule has 2 rings (SSSR count). The van der Waals surface area contributed by atoms with Crippen molar-refractivity contribution < 1.29 is 4.74 Å². The number of pyridine rings is 2. The summed E-state index contributed by atoms with van der Waals surface area (Å²) in [6.07, 6.45) is 1.76. The van der Waals surface area contributed by atoms with Crippen LogP contribution < -0.4 is 10.1 Å². The van der Waals surface area contributed by atoms with E-state index in [4.69, 9.17) is 4.74 Å². The molecule has 4 nitrogen and oxygen atoms in total. The van der Waals surface area contributed by atoms with Gasteiger partial charge in [0.1, 0.15) is 0 Å². The maximum absolute atomic E-state index is 5.99. The zero-order valence-corrected chi connectivity index (χ0v) is 12.5. The molecule has 0 saturated heterocycles. The average molecular weight is 271 g/mol. The van der Waals surface area contributed by atoms with Crippen LogP contribution in [0.2, 0.25) is 0 Å². The van der Waals surface area contributed by atoms with Crippen molar-refractivity contribution in [2.45, 2.75) is 34.2 Å². The summed E-state index contributed by atoms with van der Waals surface area (Å²) in [5.41, 5.74) is 4.11. The summed E-state index contributed by atoms with van der Waals surface area (Å²) < 4.78 is 5.99. The second-order valence-corrected chi connectivity index (χ2v) is 4.83. The lowest BCUT2D eigenvalue weighted by Gasteiger charge is -2.14. The lowest BCUT2D eigenvalue weighted by Crippen LogP contribution is -2.14. The zero-order chi connectivity index (χ0) is 14.5. The molecule has 0 unspecified atom stereocenters. The van der Waals surface area contributed by atoms with Gasteiger partial charge >= 0.3 is 0 Å². The smallest absolute Gasteiger partial charge is 0.224 e. The Bertz CT molecular complexity index is 596. The molecule has 2 aromatic rings. The van der Waals surface area contributed by atoms with Crippen molar-refractivity contribution in [3.63, 3.8) is 0 Å². The molecule has 0 aliphatic carbocycles. The Morgan fingerprint density at radius 2 is 2.05 bits per heavy atom. The van der Waals surface area contributed by atoms with E-state index >= 15 is 0 Å². The largest absolute Gasteiger partial charge is 0.437 e. The van der Waals surface area contributed by atoms with Crippen molar-refractivity contribution in [2.75, 3.05) is 6.54 Å². The Balaban J connectivity index is 2.37. The first-order chi connectivity index (χ1) is 9.61. The monoisotopic (exact) mass is 271 g/mol. The molecular weight excluding hydrogens is 250 g/mol. The number of rotatable bonds is 5. The highest BCUT2D eigenvalue weighted by Crippen LogP contribution is 2.27. The van der Waals surface area contributed by atoms with Gasteiger partial charge in [0, 0.05) is 24.0 Å². The van der Waals surface area contributed by atoms with E-state index in [0.717, 1.165) is 35.8 Å². The van der Waals surface area contributed by atoms with E-state index in [1.807, 2.05) is 26.0 Å². The number of hydrogen-bond donors (Lipinski definition) is 1. The minimum absolute atomic E-state index is 0.666. The molecular formula is C16H21N3O. The third-order valence-electron chi connectivity index (χ3n) is 3.15. The van der Waals surface area contributed by atoms with Gasteiger partial charge in [-0.3, -0.25) is 4.98 Å². The Morgan fingerprint density at radius 3 is 2.75 bits per heavy atom. The van der Waals surface area contributed by atoms with Crippen LogP contribution >= 0.6 is 0 Å². The number of ether oxygens (including phenoxy) is 1. The zero-order valence-electron chi connectivity index (χ0n) is 12.5. The minimum Gasteiger partial charge on any atom is -0.437 e. The highest BCUT2D eigenvalue weighted by molar-refractivity contribution is 5.39. The Hall–Kier alpha value is -1.94. The molecule has 0 atom stereocenters. The van der Waals surface area contributed by atoms with Gasteiger partial charge in [-0.25, -0.2) is 4.98 Å². The van der Waals surface area contributed by atoms with E-state index in [2.05, 4.69) is 35.2 Å². The van der Waals surface area contributed by atoms with E-state index in [1.165, 1.54) is 5.56 Å². The normalized spacial score (nSPS) is 10.6. The van der Waals surface area contributed by atoms with E-state index in [9.17, 15) is 0 Å². The van der Waals surface area contributed by atoms with Crippen molar-refractivity contribution in [1.82, 2.24) is 15.3 Å². The molecule has 0 radical (unpaired) electrons. The predicted octanol–water partition coefficient (Wildman–Crippen LogP) is 3.30. The van der Waals surface area contributed by atoms with Crippen LogP contribution in [0.1, 0.15) is 29.4 Å². The summed E-state index contributed by atoms with van der Waals surface area (Å²) in [5.74, 6) is 1.42. The second kappa shape index (κ2) is 6.48. The molecule has 106 valence electrons. The standard InChI is InChI=1S/C16H21N3O/c1-5-17-10-14-11(2)9-12(3)19-16(14)20-15-7-6-8-18-13(15)4/h6-9,17H,5,10H2,1-4H3. The molecule has 1 N–H and O–H groups in total. The van der Waals surface area contributed by atoms with Crippen LogP contribution in [0.3, 0.4) is 0 Å². The van der Waals surface area contributed by atoms with Crippen molar-refractivity contribution in [2.24, 2.45) is 0 Å². The Kier molecular flexibility index (Phi) is 4.69. The van der Waals surface area contributed by atoms with E-state index in [-0.39, 0.29) is 0 Å². The fourth-order valence-corrected chi connectivity index (χ4v) is 2.06. The van der Waals surface area contributed by atoms with Gasteiger partial charge in [0.2, 0.25) is 5.88 Å². The molecule has 0 aliphatic rings. The molecule has 0 bridgehead atoms. The van der Waals surface area contributed by atoms with E-state index in [1.54, 1.807) is 6.20 Å². The Labute approximate surface area is 120 Å². The van der Waals surface area contributed by atoms with Crippen LogP contribution in [0, 0.1) is 20.8 Å². The first kappa shape index (κ1) is 14.5. The number of aryl methyl sites for hydroxylation is 3. The van der Waals surface area contributed by atoms with Crippen molar-refractivity contribution in [3.8, 4) is 11.6 Å². The molecule has 0 spiro atoms. The van der Waals surface area contributed by atoms with Gasteiger partial charge in [-0.15, -0.1) is 0 Å². The highest BCUT2D eigenvalue weighted by Gasteiger charge is 2.12. The summed E-state index contributed by atoms with van der Waals surface area (Å²) in [6, 6.07) is 5.86. The summed E-state index contributed by atoms with van der Waals surface area (Å²) in [4.78, 5) is 8.78. The predicted molar refractivity (Wildman–Crippen MR) is 80.1 cm³/mol. The number of nitrogens with one attached hydrogen (secondary N) is 1. The quantitative estimate of drug-likeness (QED) is 0.906. The molecule has 0 fully saturated rings. The van der Waals surface area contributed by atoms with Gasteiger partial charge in [0.15, 0.2) is 5.75 Å². The number of aromatic nitrogens is 2. The maximum atomic E-state index is 5.99. The summed E-state index contributed by atoms with van der Waals surface area (Å²) in [6.45, 7) is 9.75. The van der Waals surface area contributed by atoms with Gasteiger partial charge in [-0.05, 0) is 51.1 Å². The molecule has 0 aromatic carbocycles. The fraction of sp³-hybridized carbons (Fsp3) is 0.375. The number of nitrogens with zero attached hydrogens (tertiary/aromatic N) is 2. The third-order valence-corrected chi connectivity index (χ3v) is 3.15. The summed E-state index contributed by atoms with van der Waals surface area (Å²) in [5, 5.41) is 3.33. The first-order valence-electron chi connectivity index (χ1n) is 6.89. The molecule has 0 saturated carbocycles. The van der Waals surface area contributed by atoms with Gasteiger partial charge in [-0.2, -0.15) is 0 Å². The van der Waals surface area contributed by atoms with E-state index in [0.29, 0.717) is 5.88 Å². The van der Waals surface area contributed by atoms with Gasteiger partial charge in [0.25, 0.3) is 0 Å². The van der Waals surface area contributed by atoms with Crippen LogP contribution in [-0.2, 0) is 6.54 Å². The molecule has 2 heterocycles. The van der Waals surface area contributed by atoms with Crippen LogP contribution in [0.25, 0.3) is 0 Å². The number of hydrogen-bond acceptors (Lipinski definition) is 4. The van der Waals surface area contributed by atoms with Crippen molar-refractivity contribution >= 4 is 0 Å². The van der Waals surface area contributed by atoms with Crippen molar-refractivity contribution in [1.29, 1.82) is 0 Å². The topological polar surface area (TPSA) is 47.0 Å². The molecule has 2 aromatic heterocycles. The second-order valence-electron chi connectivity index (χ2n) is 4.83. The fourth-order valence-electron chi connectivity index (χ4n) is 2.06. The van der Waals surface area contributed by atoms with E-state index < -0.39 is 0 Å². The van der Waals surface area contributed by atoms with Gasteiger partial charge in [0.05, 0.1) is 5.69 Å². The molecule has 0 amide bonds. The molecule has 4 heteroatoms. The van der Waals surface area contributed by atoms with Gasteiger partial charge < -0.3 is 10.1 Å². The summed E-state index contributed by atoms with van der Waals surface area (Å²) in [7, 11) is 0. The van der Waals surface area contributed by atoms with Crippen LogP contribution in [0.15, 0.2) is 24.4 Å². The average Bonchev–Trinajstić information content (AvgIpc) is 2.40. The third kappa shape index (κ3) is 3.33. The molecule has 0 aliphatic heterocycles. The lowest BCUT2D eigenvalue weighted by molar-refractivity contribution is 0.445. The highest BCUT2D eigenvalue weighted by atomic mass is 16.5. The lowest BCUT2D eigenvalue weighted by atomic mass is 10.1. The Morgan fingerprint density at radius 1 is 1.25 bits per heavy atom.